The molecule has 0 saturated heterocycles. The highest BCUT2D eigenvalue weighted by atomic mass is 35.5. The van der Waals surface area contributed by atoms with Gasteiger partial charge in [0.25, 0.3) is 0 Å². The molecule has 1 aromatic rings. The second-order valence-electron chi connectivity index (χ2n) is 4.32. The van der Waals surface area contributed by atoms with Crippen LogP contribution in [-0.4, -0.2) is 29.6 Å². The largest absolute Gasteiger partial charge is 0.387 e. The number of benzene rings is 1. The third kappa shape index (κ3) is 4.30. The maximum Gasteiger partial charge on any atom is 0.0917 e. The number of hydrogen-bond acceptors (Lipinski definition) is 2. The van der Waals surface area contributed by atoms with E-state index in [1.807, 2.05) is 37.3 Å². The number of nitrogens with zero attached hydrogens (tertiary/aromatic N) is 1. The molecule has 1 aromatic carbocycles. The summed E-state index contributed by atoms with van der Waals surface area (Å²) < 4.78 is 0. The number of aryl methyl sites for hydroxylation is 1. The second kappa shape index (κ2) is 7.37. The molecule has 0 radical (unpaired) electrons. The summed E-state index contributed by atoms with van der Waals surface area (Å²) in [6.07, 6.45) is 3.12. The Morgan fingerprint density at radius 2 is 1.94 bits per heavy atom. The summed E-state index contributed by atoms with van der Waals surface area (Å²) in [5.41, 5.74) is 1.86. The molecule has 3 heteroatoms. The minimum Gasteiger partial charge on any atom is -0.387 e. The molecule has 0 saturated carbocycles. The van der Waals surface area contributed by atoms with Crippen LogP contribution in [0.15, 0.2) is 43.5 Å². The average Bonchev–Trinajstić information content (AvgIpc) is 2.33. The van der Waals surface area contributed by atoms with Crippen molar-refractivity contribution in [1.29, 1.82) is 0 Å². The van der Waals surface area contributed by atoms with Crippen molar-refractivity contribution in [1.82, 2.24) is 4.90 Å². The first kappa shape index (κ1) is 15.0. The highest BCUT2D eigenvalue weighted by molar-refractivity contribution is 6.31. The molecule has 1 unspecified atom stereocenters. The molecule has 1 N–H and O–H groups in total. The van der Waals surface area contributed by atoms with E-state index in [0.717, 1.165) is 29.2 Å². The fraction of sp³-hybridized carbons (Fsp3) is 0.333. The van der Waals surface area contributed by atoms with E-state index in [1.165, 1.54) is 0 Å². The first-order valence-corrected chi connectivity index (χ1v) is 6.34. The summed E-state index contributed by atoms with van der Waals surface area (Å²) in [7, 11) is 0. The minimum absolute atomic E-state index is 0.527. The van der Waals surface area contributed by atoms with Crippen LogP contribution in [0.2, 0.25) is 5.02 Å². The zero-order chi connectivity index (χ0) is 13.5. The topological polar surface area (TPSA) is 23.5 Å². The van der Waals surface area contributed by atoms with E-state index in [-0.39, 0.29) is 0 Å². The highest BCUT2D eigenvalue weighted by Gasteiger charge is 2.12. The summed E-state index contributed by atoms with van der Waals surface area (Å²) in [5, 5.41) is 10.9. The van der Waals surface area contributed by atoms with Gasteiger partial charge in [0.05, 0.1) is 6.10 Å². The summed E-state index contributed by atoms with van der Waals surface area (Å²) in [4.78, 5) is 2.08. The summed E-state index contributed by atoms with van der Waals surface area (Å²) in [6, 6.07) is 5.60. The molecule has 0 amide bonds. The van der Waals surface area contributed by atoms with Crippen molar-refractivity contribution in [3.63, 3.8) is 0 Å². The Morgan fingerprint density at radius 1 is 1.33 bits per heavy atom. The number of halogens is 1. The van der Waals surface area contributed by atoms with E-state index in [2.05, 4.69) is 18.1 Å². The fourth-order valence-corrected chi connectivity index (χ4v) is 1.93. The zero-order valence-corrected chi connectivity index (χ0v) is 11.5. The van der Waals surface area contributed by atoms with Crippen molar-refractivity contribution >= 4 is 11.6 Å². The second-order valence-corrected chi connectivity index (χ2v) is 4.73. The van der Waals surface area contributed by atoms with Crippen molar-refractivity contribution in [2.75, 3.05) is 19.6 Å². The van der Waals surface area contributed by atoms with Crippen LogP contribution < -0.4 is 0 Å². The third-order valence-corrected chi connectivity index (χ3v) is 3.20. The Balaban J connectivity index is 2.72. The van der Waals surface area contributed by atoms with E-state index in [0.29, 0.717) is 6.54 Å². The van der Waals surface area contributed by atoms with Gasteiger partial charge in [-0.1, -0.05) is 35.9 Å². The van der Waals surface area contributed by atoms with Crippen LogP contribution in [0.1, 0.15) is 17.2 Å². The Kier molecular flexibility index (Phi) is 6.13. The van der Waals surface area contributed by atoms with E-state index < -0.39 is 6.10 Å². The summed E-state index contributed by atoms with van der Waals surface area (Å²) in [5.74, 6) is 0. The van der Waals surface area contributed by atoms with E-state index in [1.54, 1.807) is 0 Å². The van der Waals surface area contributed by atoms with Gasteiger partial charge in [0.2, 0.25) is 0 Å². The van der Waals surface area contributed by atoms with Crippen LogP contribution in [0.4, 0.5) is 0 Å². The van der Waals surface area contributed by atoms with Gasteiger partial charge in [0.15, 0.2) is 0 Å². The Hall–Kier alpha value is -1.09. The molecule has 0 aromatic heterocycles. The molecular formula is C15H20ClNO. The normalized spacial score (nSPS) is 12.4. The standard InChI is InChI=1S/C15H20ClNO/c1-4-8-17(9-5-2)11-15(18)13-6-7-14(16)12(3)10-13/h4-7,10,15,18H,1-2,8-9,11H2,3H3. The van der Waals surface area contributed by atoms with Crippen LogP contribution >= 0.6 is 11.6 Å². The number of aliphatic hydroxyl groups is 1. The molecule has 0 aliphatic rings. The van der Waals surface area contributed by atoms with Gasteiger partial charge in [-0.05, 0) is 24.1 Å². The first-order chi connectivity index (χ1) is 8.58. The Bertz CT molecular complexity index is 407. The first-order valence-electron chi connectivity index (χ1n) is 5.96. The molecule has 2 nitrogen and oxygen atoms in total. The van der Waals surface area contributed by atoms with Crippen molar-refractivity contribution < 1.29 is 5.11 Å². The van der Waals surface area contributed by atoms with Gasteiger partial charge in [-0.15, -0.1) is 13.2 Å². The Labute approximate surface area is 114 Å². The number of rotatable bonds is 7. The van der Waals surface area contributed by atoms with Gasteiger partial charge in [0, 0.05) is 24.7 Å². The van der Waals surface area contributed by atoms with Crippen LogP contribution in [0, 0.1) is 6.92 Å². The van der Waals surface area contributed by atoms with Crippen LogP contribution in [0.3, 0.4) is 0 Å². The van der Waals surface area contributed by atoms with Gasteiger partial charge in [-0.25, -0.2) is 0 Å². The van der Waals surface area contributed by atoms with Crippen molar-refractivity contribution in [3.05, 3.63) is 59.7 Å². The minimum atomic E-state index is -0.527. The van der Waals surface area contributed by atoms with Crippen LogP contribution in [0.5, 0.6) is 0 Å². The average molecular weight is 266 g/mol. The molecule has 0 aliphatic heterocycles. The number of aliphatic hydroxyl groups excluding tert-OH is 1. The molecule has 0 fully saturated rings. The lowest BCUT2D eigenvalue weighted by molar-refractivity contribution is 0.125. The van der Waals surface area contributed by atoms with Crippen molar-refractivity contribution in [2.24, 2.45) is 0 Å². The molecule has 0 aliphatic carbocycles. The van der Waals surface area contributed by atoms with Crippen LogP contribution in [-0.2, 0) is 0 Å². The van der Waals surface area contributed by atoms with Gasteiger partial charge < -0.3 is 5.11 Å². The highest BCUT2D eigenvalue weighted by Crippen LogP contribution is 2.21. The van der Waals surface area contributed by atoms with Gasteiger partial charge in [-0.3, -0.25) is 4.90 Å². The van der Waals surface area contributed by atoms with E-state index in [9.17, 15) is 5.11 Å². The molecule has 0 bridgehead atoms. The lowest BCUT2D eigenvalue weighted by atomic mass is 10.1. The zero-order valence-electron chi connectivity index (χ0n) is 10.8. The Morgan fingerprint density at radius 3 is 2.44 bits per heavy atom. The molecule has 98 valence electrons. The maximum atomic E-state index is 10.2. The monoisotopic (exact) mass is 265 g/mol. The predicted octanol–water partition coefficient (Wildman–Crippen LogP) is 3.36. The lowest BCUT2D eigenvalue weighted by Gasteiger charge is -2.22. The van der Waals surface area contributed by atoms with E-state index in [4.69, 9.17) is 11.6 Å². The molecule has 1 atom stereocenters. The van der Waals surface area contributed by atoms with Crippen molar-refractivity contribution in [3.8, 4) is 0 Å². The fourth-order valence-electron chi connectivity index (χ4n) is 1.81. The third-order valence-electron chi connectivity index (χ3n) is 2.77. The van der Waals surface area contributed by atoms with E-state index >= 15 is 0 Å². The smallest absolute Gasteiger partial charge is 0.0917 e. The number of hydrogen-bond donors (Lipinski definition) is 1. The molecule has 1 rings (SSSR count). The van der Waals surface area contributed by atoms with Gasteiger partial charge in [-0.2, -0.15) is 0 Å². The van der Waals surface area contributed by atoms with Gasteiger partial charge in [0.1, 0.15) is 0 Å². The SMILES string of the molecule is C=CCN(CC=C)CC(O)c1ccc(Cl)c(C)c1. The van der Waals surface area contributed by atoms with Crippen LogP contribution in [0.25, 0.3) is 0 Å². The maximum absolute atomic E-state index is 10.2. The molecule has 18 heavy (non-hydrogen) atoms. The molecule has 0 spiro atoms. The lowest BCUT2D eigenvalue weighted by Crippen LogP contribution is -2.29. The summed E-state index contributed by atoms with van der Waals surface area (Å²) in [6.45, 7) is 11.4. The van der Waals surface area contributed by atoms with Gasteiger partial charge >= 0.3 is 0 Å². The molecule has 0 heterocycles. The predicted molar refractivity (Wildman–Crippen MR) is 78.0 cm³/mol. The molecular weight excluding hydrogens is 246 g/mol. The summed E-state index contributed by atoms with van der Waals surface area (Å²) >= 11 is 5.97. The quantitative estimate of drug-likeness (QED) is 0.765. The van der Waals surface area contributed by atoms with Crippen molar-refractivity contribution in [2.45, 2.75) is 13.0 Å².